The van der Waals surface area contributed by atoms with Crippen molar-refractivity contribution in [2.45, 2.75) is 46.6 Å². The fourth-order valence-corrected chi connectivity index (χ4v) is 4.45. The molecule has 1 amide bonds. The first-order chi connectivity index (χ1) is 14.6. The van der Waals surface area contributed by atoms with E-state index in [2.05, 4.69) is 30.3 Å². The number of carbonyl (C=O) groups is 1. The molecule has 2 aromatic carbocycles. The molecule has 0 spiro atoms. The Morgan fingerprint density at radius 2 is 1.77 bits per heavy atom. The van der Waals surface area contributed by atoms with E-state index in [1.807, 2.05) is 36.4 Å². The molecule has 0 bridgehead atoms. The molecule has 0 saturated carbocycles. The summed E-state index contributed by atoms with van der Waals surface area (Å²) in [5.74, 6) is 0.530. The van der Waals surface area contributed by atoms with Crippen molar-refractivity contribution >= 4 is 28.8 Å². The van der Waals surface area contributed by atoms with Gasteiger partial charge in [0.05, 0.1) is 12.3 Å². The van der Waals surface area contributed by atoms with E-state index in [4.69, 9.17) is 16.3 Å². The number of hydrogen-bond acceptors (Lipinski definition) is 3. The lowest BCUT2D eigenvalue weighted by molar-refractivity contribution is 0.0998. The van der Waals surface area contributed by atoms with Crippen LogP contribution >= 0.6 is 22.9 Å². The van der Waals surface area contributed by atoms with E-state index in [0.29, 0.717) is 22.0 Å². The molecule has 0 atom stereocenters. The van der Waals surface area contributed by atoms with E-state index in [1.165, 1.54) is 4.88 Å². The second kappa shape index (κ2) is 10.6. The van der Waals surface area contributed by atoms with Crippen LogP contribution in [0.15, 0.2) is 53.5 Å². The standard InChI is InChI=1S/C24H27ClN2O2S/c1-4-7-16-29-20-14-10-18(11-15-20)23(28)26-24-27(6-3)22(21(5-2)30-24)17-8-12-19(25)13-9-17/h8-15H,4-7,16H2,1-3H3. The molecule has 0 aliphatic carbocycles. The van der Waals surface area contributed by atoms with E-state index in [0.717, 1.165) is 42.8 Å². The molecule has 0 N–H and O–H groups in total. The van der Waals surface area contributed by atoms with Gasteiger partial charge in [0.15, 0.2) is 4.80 Å². The van der Waals surface area contributed by atoms with Crippen molar-refractivity contribution in [3.63, 3.8) is 0 Å². The molecule has 0 radical (unpaired) electrons. The fourth-order valence-electron chi connectivity index (χ4n) is 3.18. The van der Waals surface area contributed by atoms with E-state index in [1.54, 1.807) is 23.5 Å². The van der Waals surface area contributed by atoms with Crippen LogP contribution in [0, 0.1) is 0 Å². The Kier molecular flexibility index (Phi) is 7.88. The number of unbranched alkanes of at least 4 members (excludes halogenated alkanes) is 1. The largest absolute Gasteiger partial charge is 0.494 e. The van der Waals surface area contributed by atoms with E-state index >= 15 is 0 Å². The number of hydrogen-bond donors (Lipinski definition) is 0. The quantitative estimate of drug-likeness (QED) is 0.380. The maximum atomic E-state index is 12.8. The molecule has 0 aliphatic rings. The molecular formula is C24H27ClN2O2S. The summed E-state index contributed by atoms with van der Waals surface area (Å²) in [5, 5.41) is 0.706. The van der Waals surface area contributed by atoms with Crippen molar-refractivity contribution in [2.75, 3.05) is 6.61 Å². The Hall–Kier alpha value is -2.37. The van der Waals surface area contributed by atoms with Gasteiger partial charge in [0.25, 0.3) is 5.91 Å². The monoisotopic (exact) mass is 442 g/mol. The predicted molar refractivity (Wildman–Crippen MR) is 125 cm³/mol. The highest BCUT2D eigenvalue weighted by Crippen LogP contribution is 2.28. The molecule has 0 aliphatic heterocycles. The number of rotatable bonds is 8. The van der Waals surface area contributed by atoms with Gasteiger partial charge in [-0.15, -0.1) is 11.3 Å². The highest BCUT2D eigenvalue weighted by molar-refractivity contribution is 7.09. The van der Waals surface area contributed by atoms with E-state index in [-0.39, 0.29) is 5.91 Å². The average molecular weight is 443 g/mol. The number of amides is 1. The molecule has 30 heavy (non-hydrogen) atoms. The number of aromatic nitrogens is 1. The summed E-state index contributed by atoms with van der Waals surface area (Å²) in [4.78, 5) is 19.2. The Labute approximate surface area is 186 Å². The van der Waals surface area contributed by atoms with Gasteiger partial charge in [-0.25, -0.2) is 0 Å². The van der Waals surface area contributed by atoms with Gasteiger partial charge in [-0.1, -0.05) is 44.0 Å². The van der Waals surface area contributed by atoms with Gasteiger partial charge in [-0.3, -0.25) is 4.79 Å². The highest BCUT2D eigenvalue weighted by Gasteiger charge is 2.15. The number of benzene rings is 2. The van der Waals surface area contributed by atoms with Gasteiger partial charge in [0.2, 0.25) is 0 Å². The molecule has 158 valence electrons. The molecule has 1 aromatic heterocycles. The second-order valence-electron chi connectivity index (χ2n) is 6.90. The third-order valence-electron chi connectivity index (χ3n) is 4.80. The highest BCUT2D eigenvalue weighted by atomic mass is 35.5. The van der Waals surface area contributed by atoms with Crippen LogP contribution in [-0.4, -0.2) is 17.1 Å². The average Bonchev–Trinajstić information content (AvgIpc) is 3.12. The summed E-state index contributed by atoms with van der Waals surface area (Å²) in [6.07, 6.45) is 2.97. The smallest absolute Gasteiger partial charge is 0.279 e. The Morgan fingerprint density at radius 1 is 1.07 bits per heavy atom. The van der Waals surface area contributed by atoms with Gasteiger partial charge < -0.3 is 9.30 Å². The summed E-state index contributed by atoms with van der Waals surface area (Å²) in [7, 11) is 0. The summed E-state index contributed by atoms with van der Waals surface area (Å²) in [6.45, 7) is 7.73. The molecule has 3 rings (SSSR count). The first kappa shape index (κ1) is 22.3. The molecule has 4 nitrogen and oxygen atoms in total. The number of halogens is 1. The third-order valence-corrected chi connectivity index (χ3v) is 6.27. The van der Waals surface area contributed by atoms with Crippen LogP contribution in [-0.2, 0) is 13.0 Å². The molecule has 0 unspecified atom stereocenters. The van der Waals surface area contributed by atoms with Gasteiger partial charge >= 0.3 is 0 Å². The fraction of sp³-hybridized carbons (Fsp3) is 0.333. The zero-order valence-corrected chi connectivity index (χ0v) is 19.2. The molecule has 3 aromatic rings. The lowest BCUT2D eigenvalue weighted by Gasteiger charge is -2.08. The molecular weight excluding hydrogens is 416 g/mol. The number of nitrogens with zero attached hydrogens (tertiary/aromatic N) is 2. The zero-order valence-electron chi connectivity index (χ0n) is 17.7. The van der Waals surface area contributed by atoms with Crippen LogP contribution in [0.4, 0.5) is 0 Å². The molecule has 1 heterocycles. The minimum absolute atomic E-state index is 0.246. The topological polar surface area (TPSA) is 43.6 Å². The van der Waals surface area contributed by atoms with Gasteiger partial charge in [0, 0.05) is 22.0 Å². The minimum Gasteiger partial charge on any atom is -0.494 e. The first-order valence-corrected chi connectivity index (χ1v) is 11.6. The number of carbonyl (C=O) groups excluding carboxylic acids is 1. The van der Waals surface area contributed by atoms with Crippen molar-refractivity contribution in [3.8, 4) is 17.0 Å². The van der Waals surface area contributed by atoms with Crippen molar-refractivity contribution in [2.24, 2.45) is 4.99 Å². The Morgan fingerprint density at radius 3 is 2.37 bits per heavy atom. The Balaban J connectivity index is 1.93. The maximum absolute atomic E-state index is 12.8. The van der Waals surface area contributed by atoms with Crippen molar-refractivity contribution in [1.82, 2.24) is 4.57 Å². The van der Waals surface area contributed by atoms with E-state index in [9.17, 15) is 4.79 Å². The Bertz CT molecular complexity index is 1050. The van der Waals surface area contributed by atoms with Crippen LogP contribution in [0.1, 0.15) is 48.8 Å². The molecule has 0 fully saturated rings. The van der Waals surface area contributed by atoms with Crippen LogP contribution in [0.2, 0.25) is 5.02 Å². The second-order valence-corrected chi connectivity index (χ2v) is 8.40. The number of thiazole rings is 1. The van der Waals surface area contributed by atoms with Crippen LogP contribution in [0.25, 0.3) is 11.3 Å². The van der Waals surface area contributed by atoms with Crippen LogP contribution in [0.5, 0.6) is 5.75 Å². The van der Waals surface area contributed by atoms with Crippen molar-refractivity contribution in [3.05, 3.63) is 68.8 Å². The number of ether oxygens (including phenoxy) is 1. The zero-order chi connectivity index (χ0) is 21.5. The first-order valence-electron chi connectivity index (χ1n) is 10.4. The molecule has 6 heteroatoms. The van der Waals surface area contributed by atoms with Gasteiger partial charge in [0.1, 0.15) is 5.75 Å². The van der Waals surface area contributed by atoms with Gasteiger partial charge in [-0.2, -0.15) is 4.99 Å². The maximum Gasteiger partial charge on any atom is 0.279 e. The minimum atomic E-state index is -0.246. The summed E-state index contributed by atoms with van der Waals surface area (Å²) >= 11 is 7.63. The van der Waals surface area contributed by atoms with Crippen molar-refractivity contribution in [1.29, 1.82) is 0 Å². The lowest BCUT2D eigenvalue weighted by atomic mass is 10.1. The van der Waals surface area contributed by atoms with Crippen molar-refractivity contribution < 1.29 is 9.53 Å². The lowest BCUT2D eigenvalue weighted by Crippen LogP contribution is -2.17. The summed E-state index contributed by atoms with van der Waals surface area (Å²) in [6, 6.07) is 15.0. The predicted octanol–water partition coefficient (Wildman–Crippen LogP) is 6.37. The van der Waals surface area contributed by atoms with Crippen LogP contribution in [0.3, 0.4) is 0 Å². The summed E-state index contributed by atoms with van der Waals surface area (Å²) < 4.78 is 7.78. The van der Waals surface area contributed by atoms with E-state index < -0.39 is 0 Å². The number of aryl methyl sites for hydroxylation is 1. The molecule has 0 saturated heterocycles. The third kappa shape index (κ3) is 5.21. The van der Waals surface area contributed by atoms with Crippen LogP contribution < -0.4 is 9.54 Å². The van der Waals surface area contributed by atoms with Gasteiger partial charge in [-0.05, 0) is 61.7 Å². The SMILES string of the molecule is CCCCOc1ccc(C(=O)N=c2sc(CC)c(-c3ccc(Cl)cc3)n2CC)cc1. The normalized spacial score (nSPS) is 11.7. The summed E-state index contributed by atoms with van der Waals surface area (Å²) in [5.41, 5.74) is 2.74.